The van der Waals surface area contributed by atoms with Gasteiger partial charge in [0.05, 0.1) is 24.2 Å². The minimum Gasteiger partial charge on any atom is -0.396 e. The third-order valence-corrected chi connectivity index (χ3v) is 15.1. The number of carbonyl (C=O) groups is 2. The molecule has 0 bridgehead atoms. The van der Waals surface area contributed by atoms with E-state index in [1.807, 2.05) is 26.0 Å². The van der Waals surface area contributed by atoms with Crippen LogP contribution in [0.3, 0.4) is 0 Å². The van der Waals surface area contributed by atoms with E-state index in [2.05, 4.69) is 20.6 Å². The molecule has 0 unspecified atom stereocenters. The number of anilines is 2. The van der Waals surface area contributed by atoms with Gasteiger partial charge in [0.15, 0.2) is 10.3 Å². The van der Waals surface area contributed by atoms with Crippen LogP contribution < -0.4 is 21.8 Å². The summed E-state index contributed by atoms with van der Waals surface area (Å²) in [6.07, 6.45) is 10.2. The maximum Gasteiger partial charge on any atom is 0.258 e. The number of likely N-dealkylation sites (tertiary alicyclic amines) is 2. The molecule has 2 aromatic carbocycles. The molecule has 4 aliphatic heterocycles. The summed E-state index contributed by atoms with van der Waals surface area (Å²) in [4.78, 5) is 64.9. The lowest BCUT2D eigenvalue weighted by atomic mass is 9.88. The molecular weight excluding hydrogens is 949 g/mol. The van der Waals surface area contributed by atoms with E-state index in [0.29, 0.717) is 45.9 Å². The molecule has 10 rings (SSSR count). The predicted molar refractivity (Wildman–Crippen MR) is 257 cm³/mol. The molecule has 0 aliphatic carbocycles. The van der Waals surface area contributed by atoms with E-state index < -0.39 is 59.3 Å². The fourth-order valence-corrected chi connectivity index (χ4v) is 11.9. The molecule has 70 heavy (non-hydrogen) atoms. The first-order valence-corrected chi connectivity index (χ1v) is 24.4. The quantitative estimate of drug-likeness (QED) is 0.0952. The zero-order valence-corrected chi connectivity index (χ0v) is 39.4. The van der Waals surface area contributed by atoms with Crippen molar-refractivity contribution in [2.45, 2.75) is 64.2 Å². The molecule has 6 aromatic rings. The van der Waals surface area contributed by atoms with Gasteiger partial charge >= 0.3 is 0 Å². The molecule has 2 saturated heterocycles. The van der Waals surface area contributed by atoms with Crippen LogP contribution in [0, 0.1) is 46.9 Å². The van der Waals surface area contributed by atoms with Gasteiger partial charge in [-0.2, -0.15) is 0 Å². The monoisotopic (exact) mass is 996 g/mol. The number of hydrogen-bond acceptors (Lipinski definition) is 12. The van der Waals surface area contributed by atoms with Gasteiger partial charge in [-0.25, -0.2) is 27.5 Å². The summed E-state index contributed by atoms with van der Waals surface area (Å²) < 4.78 is 60.6. The van der Waals surface area contributed by atoms with E-state index in [9.17, 15) is 47.0 Å². The number of pyridine rings is 2. The van der Waals surface area contributed by atoms with Gasteiger partial charge in [0.1, 0.15) is 23.3 Å². The van der Waals surface area contributed by atoms with Crippen LogP contribution in [0.1, 0.15) is 59.6 Å². The highest BCUT2D eigenvalue weighted by atomic mass is 32.1. The van der Waals surface area contributed by atoms with E-state index in [1.165, 1.54) is 22.7 Å². The number of aromatic nitrogens is 4. The number of aliphatic hydroxyl groups is 2. The third-order valence-electron chi connectivity index (χ3n) is 13.7. The van der Waals surface area contributed by atoms with Crippen LogP contribution >= 0.6 is 22.7 Å². The summed E-state index contributed by atoms with van der Waals surface area (Å²) in [6.45, 7) is 3.55. The van der Waals surface area contributed by atoms with E-state index in [0.717, 1.165) is 36.4 Å². The lowest BCUT2D eigenvalue weighted by Crippen LogP contribution is -2.45. The first kappa shape index (κ1) is 48.6. The molecule has 2 fully saturated rings. The first-order valence-electron chi connectivity index (χ1n) is 22.6. The molecule has 0 spiro atoms. The Kier molecular flexibility index (Phi) is 14.2. The fourth-order valence-electron chi connectivity index (χ4n) is 10.9. The molecule has 20 heteroatoms. The Labute approximate surface area is 406 Å². The zero-order chi connectivity index (χ0) is 49.4. The Hall–Kier alpha value is -6.42. The molecule has 8 heterocycles. The summed E-state index contributed by atoms with van der Waals surface area (Å²) in [5.74, 6) is -4.70. The minimum atomic E-state index is -0.833. The highest BCUT2D eigenvalue weighted by Gasteiger charge is 2.57. The van der Waals surface area contributed by atoms with Crippen molar-refractivity contribution in [3.63, 3.8) is 0 Å². The number of hydrogen-bond donors (Lipinski definition) is 4. The molecule has 4 aliphatic rings. The van der Waals surface area contributed by atoms with Gasteiger partial charge in [-0.05, 0) is 74.5 Å². The fraction of sp³-hybridized carbons (Fsp3) is 0.320. The largest absolute Gasteiger partial charge is 0.396 e. The third kappa shape index (κ3) is 9.10. The van der Waals surface area contributed by atoms with Crippen LogP contribution in [-0.4, -0.2) is 76.2 Å². The number of allylic oxidation sites excluding steroid dienone is 2. The van der Waals surface area contributed by atoms with E-state index >= 15 is 0 Å². The number of fused-ring (bicyclic) bond motifs is 6. The lowest BCUT2D eigenvalue weighted by Gasteiger charge is -2.30. The minimum absolute atomic E-state index is 0.0674. The number of halogens is 4. The van der Waals surface area contributed by atoms with Gasteiger partial charge in [0, 0.05) is 120 Å². The molecule has 364 valence electrons. The Bertz CT molecular complexity index is 2890. The number of benzene rings is 2. The predicted octanol–water partition coefficient (Wildman–Crippen LogP) is 6.84. The number of nitrogens with zero attached hydrogens (tertiary/aromatic N) is 6. The van der Waals surface area contributed by atoms with E-state index in [-0.39, 0.29) is 72.2 Å². The molecule has 0 radical (unpaired) electrons. The van der Waals surface area contributed by atoms with Crippen molar-refractivity contribution in [3.05, 3.63) is 174 Å². The Balaban J connectivity index is 0.000000174. The second-order valence-electron chi connectivity index (χ2n) is 17.5. The Morgan fingerprint density at radius 2 is 1.07 bits per heavy atom. The van der Waals surface area contributed by atoms with Crippen molar-refractivity contribution in [1.29, 1.82) is 0 Å². The van der Waals surface area contributed by atoms with Gasteiger partial charge in [-0.1, -0.05) is 24.3 Å². The average molecular weight is 997 g/mol. The SMILES string of the molecule is C/C=C/c1ccc2n(c1=O)C[C@H]1[C@H](CO)[C@@H](C(=O)Nc3nccs3)N(Cc3cc(F)ccc3F)[C@@H]21.C/C=C\c1ccc2n(c1=O)C[C@H]1[C@H](CO)[C@@H](C(=O)Nc3nccs3)N(Cc3cc(F)ccc3F)[C@@H]21. The summed E-state index contributed by atoms with van der Waals surface area (Å²) in [7, 11) is 0. The lowest BCUT2D eigenvalue weighted by molar-refractivity contribution is -0.123. The van der Waals surface area contributed by atoms with Crippen LogP contribution in [-0.2, 0) is 35.8 Å². The molecule has 0 saturated carbocycles. The van der Waals surface area contributed by atoms with E-state index in [4.69, 9.17) is 0 Å². The van der Waals surface area contributed by atoms with Crippen LogP contribution in [0.4, 0.5) is 27.8 Å². The number of amides is 2. The second kappa shape index (κ2) is 20.5. The highest BCUT2D eigenvalue weighted by molar-refractivity contribution is 7.14. The normalized spacial score (nSPS) is 23.5. The second-order valence-corrected chi connectivity index (χ2v) is 19.3. The van der Waals surface area contributed by atoms with Gasteiger partial charge < -0.3 is 30.0 Å². The maximum atomic E-state index is 14.7. The van der Waals surface area contributed by atoms with Crippen LogP contribution in [0.15, 0.2) is 106 Å². The number of carbonyl (C=O) groups excluding carboxylic acids is 2. The first-order chi connectivity index (χ1) is 33.8. The van der Waals surface area contributed by atoms with Gasteiger partial charge in [0.2, 0.25) is 11.8 Å². The van der Waals surface area contributed by atoms with Crippen molar-refractivity contribution >= 4 is 56.9 Å². The summed E-state index contributed by atoms with van der Waals surface area (Å²) >= 11 is 2.52. The van der Waals surface area contributed by atoms with Crippen molar-refractivity contribution < 1.29 is 37.4 Å². The summed E-state index contributed by atoms with van der Waals surface area (Å²) in [5, 5.41) is 30.6. The van der Waals surface area contributed by atoms with Gasteiger partial charge in [0.25, 0.3) is 11.1 Å². The number of nitrogens with one attached hydrogen (secondary N) is 2. The standard InChI is InChI=1S/2C25H24F2N4O3S/c2*1-2-3-14-4-7-20-21-17(12-30(20)24(14)34)18(13-32)22(23(33)29-25-28-8-9-35-25)31(21)11-15-10-16(26)5-6-19(15)27/h2*2-10,17-18,21-22,32H,11-13H2,1H3,(H,28,29,33)/b3-2+;3-2-/t2*17-,18-,21+,22-/m00/s1. The topological polar surface area (TPSA) is 175 Å². The molecular formula is C50H48F4N8O6S2. The number of aliphatic hydroxyl groups excluding tert-OH is 2. The molecule has 14 nitrogen and oxygen atoms in total. The Morgan fingerprint density at radius 3 is 1.43 bits per heavy atom. The van der Waals surface area contributed by atoms with Crippen molar-refractivity contribution in [2.24, 2.45) is 23.7 Å². The number of rotatable bonds is 12. The smallest absolute Gasteiger partial charge is 0.258 e. The molecule has 8 atom stereocenters. The highest BCUT2D eigenvalue weighted by Crippen LogP contribution is 2.51. The van der Waals surface area contributed by atoms with Crippen LogP contribution in [0.2, 0.25) is 0 Å². The maximum absolute atomic E-state index is 14.7. The molecule has 4 aromatic heterocycles. The zero-order valence-electron chi connectivity index (χ0n) is 37.8. The van der Waals surface area contributed by atoms with Crippen molar-refractivity contribution in [2.75, 3.05) is 23.8 Å². The Morgan fingerprint density at radius 1 is 0.657 bits per heavy atom. The molecule has 4 N–H and O–H groups in total. The van der Waals surface area contributed by atoms with Crippen molar-refractivity contribution in [1.82, 2.24) is 28.9 Å². The number of thiazole rings is 2. The molecule has 2 amide bonds. The summed E-state index contributed by atoms with van der Waals surface area (Å²) in [5.41, 5.74) is 2.33. The van der Waals surface area contributed by atoms with Gasteiger partial charge in [-0.15, -0.1) is 22.7 Å². The average Bonchev–Trinajstić information content (AvgIpc) is 4.21. The van der Waals surface area contributed by atoms with E-state index in [1.54, 1.807) is 78.5 Å². The van der Waals surface area contributed by atoms with Crippen molar-refractivity contribution in [3.8, 4) is 0 Å². The summed E-state index contributed by atoms with van der Waals surface area (Å²) in [6, 6.07) is 11.0. The van der Waals surface area contributed by atoms with Crippen LogP contribution in [0.25, 0.3) is 12.2 Å². The van der Waals surface area contributed by atoms with Crippen LogP contribution in [0.5, 0.6) is 0 Å². The van der Waals surface area contributed by atoms with Gasteiger partial charge in [-0.3, -0.25) is 29.0 Å².